The molecule has 1 aliphatic heterocycles. The third-order valence-electron chi connectivity index (χ3n) is 2.07. The van der Waals surface area contributed by atoms with Gasteiger partial charge in [0.2, 0.25) is 0 Å². The van der Waals surface area contributed by atoms with Gasteiger partial charge in [-0.15, -0.1) is 0 Å². The molecule has 6 nitrogen and oxygen atoms in total. The Morgan fingerprint density at radius 2 is 2.29 bits per heavy atom. The molecule has 1 atom stereocenters. The molecule has 0 radical (unpaired) electrons. The second-order valence-electron chi connectivity index (χ2n) is 3.57. The molecule has 6 heteroatoms. The molecule has 14 heavy (non-hydrogen) atoms. The Bertz CT molecular complexity index is 241. The highest BCUT2D eigenvalue weighted by Gasteiger charge is 2.38. The average molecular weight is 200 g/mol. The van der Waals surface area contributed by atoms with Crippen molar-refractivity contribution in [3.8, 4) is 0 Å². The predicted octanol–water partition coefficient (Wildman–Crippen LogP) is 0.926. The standard InChI is InChI=1S/C8H16N4O2/c1-4-5-10-6-9-11(7(2)3)8(10)12(13)14/h6-8H,4-5H2,1-3H3. The highest BCUT2D eigenvalue weighted by molar-refractivity contribution is 5.56. The lowest BCUT2D eigenvalue weighted by Gasteiger charge is -2.25. The van der Waals surface area contributed by atoms with Crippen LogP contribution in [-0.4, -0.2) is 40.0 Å². The Balaban J connectivity index is 2.74. The fraction of sp³-hybridized carbons (Fsp3) is 0.875. The van der Waals surface area contributed by atoms with Crippen molar-refractivity contribution in [2.75, 3.05) is 6.54 Å². The van der Waals surface area contributed by atoms with E-state index < -0.39 is 6.29 Å². The third kappa shape index (κ3) is 1.94. The minimum atomic E-state index is -0.824. The molecule has 0 N–H and O–H groups in total. The van der Waals surface area contributed by atoms with Gasteiger partial charge < -0.3 is 0 Å². The second-order valence-corrected chi connectivity index (χ2v) is 3.57. The topological polar surface area (TPSA) is 62.0 Å². The molecule has 0 aromatic heterocycles. The van der Waals surface area contributed by atoms with Crippen LogP contribution in [0.15, 0.2) is 5.10 Å². The normalized spacial score (nSPS) is 21.0. The van der Waals surface area contributed by atoms with Gasteiger partial charge in [-0.3, -0.25) is 15.0 Å². The fourth-order valence-corrected chi connectivity index (χ4v) is 1.45. The fourth-order valence-electron chi connectivity index (χ4n) is 1.45. The van der Waals surface area contributed by atoms with E-state index in [9.17, 15) is 10.1 Å². The van der Waals surface area contributed by atoms with Crippen LogP contribution in [0.25, 0.3) is 0 Å². The Hall–Kier alpha value is -1.33. The number of hydrazone groups is 1. The quantitative estimate of drug-likeness (QED) is 0.500. The van der Waals surface area contributed by atoms with E-state index in [-0.39, 0.29) is 11.0 Å². The lowest BCUT2D eigenvalue weighted by Crippen LogP contribution is -2.48. The van der Waals surface area contributed by atoms with Crippen molar-refractivity contribution >= 4 is 6.34 Å². The third-order valence-corrected chi connectivity index (χ3v) is 2.07. The highest BCUT2D eigenvalue weighted by Crippen LogP contribution is 2.16. The molecule has 1 aliphatic rings. The number of nitro groups is 1. The van der Waals surface area contributed by atoms with Crippen LogP contribution in [0.2, 0.25) is 0 Å². The molecular weight excluding hydrogens is 184 g/mol. The molecule has 0 amide bonds. The largest absolute Gasteiger partial charge is 0.384 e. The van der Waals surface area contributed by atoms with Crippen molar-refractivity contribution in [2.24, 2.45) is 5.10 Å². The van der Waals surface area contributed by atoms with Crippen molar-refractivity contribution < 1.29 is 4.92 Å². The molecular formula is C8H16N4O2. The van der Waals surface area contributed by atoms with Gasteiger partial charge in [-0.2, -0.15) is 5.10 Å². The number of rotatable bonds is 4. The molecule has 0 saturated carbocycles. The van der Waals surface area contributed by atoms with Crippen LogP contribution in [0.4, 0.5) is 0 Å². The van der Waals surface area contributed by atoms with E-state index in [1.54, 1.807) is 11.2 Å². The molecule has 0 aromatic carbocycles. The Morgan fingerprint density at radius 1 is 1.64 bits per heavy atom. The van der Waals surface area contributed by atoms with Gasteiger partial charge in [-0.25, -0.2) is 5.01 Å². The molecule has 80 valence electrons. The Kier molecular flexibility index (Phi) is 3.27. The summed E-state index contributed by atoms with van der Waals surface area (Å²) in [5.74, 6) is 0. The van der Waals surface area contributed by atoms with Crippen LogP contribution in [0.3, 0.4) is 0 Å². The van der Waals surface area contributed by atoms with Gasteiger partial charge in [0.05, 0.1) is 11.0 Å². The first kappa shape index (κ1) is 10.7. The van der Waals surface area contributed by atoms with Gasteiger partial charge in [-0.05, 0) is 20.3 Å². The lowest BCUT2D eigenvalue weighted by molar-refractivity contribution is -0.572. The summed E-state index contributed by atoms with van der Waals surface area (Å²) < 4.78 is 0. The van der Waals surface area contributed by atoms with Crippen LogP contribution < -0.4 is 0 Å². The summed E-state index contributed by atoms with van der Waals surface area (Å²) in [5.41, 5.74) is 0. The zero-order valence-corrected chi connectivity index (χ0v) is 8.75. The summed E-state index contributed by atoms with van der Waals surface area (Å²) in [5, 5.41) is 16.4. The summed E-state index contributed by atoms with van der Waals surface area (Å²) >= 11 is 0. The smallest absolute Gasteiger partial charge is 0.279 e. The van der Waals surface area contributed by atoms with Crippen LogP contribution in [0.1, 0.15) is 27.2 Å². The van der Waals surface area contributed by atoms with Crippen LogP contribution in [-0.2, 0) is 0 Å². The zero-order valence-electron chi connectivity index (χ0n) is 8.75. The van der Waals surface area contributed by atoms with E-state index in [1.807, 2.05) is 20.8 Å². The van der Waals surface area contributed by atoms with Crippen molar-refractivity contribution in [1.29, 1.82) is 0 Å². The second kappa shape index (κ2) is 4.26. The molecule has 0 fully saturated rings. The van der Waals surface area contributed by atoms with Gasteiger partial charge in [0.25, 0.3) is 0 Å². The van der Waals surface area contributed by atoms with Gasteiger partial charge in [0.15, 0.2) is 0 Å². The SMILES string of the molecule is CCCN1C=NN(C(C)C)C1[N+](=O)[O-]. The van der Waals surface area contributed by atoms with E-state index in [0.717, 1.165) is 6.42 Å². The summed E-state index contributed by atoms with van der Waals surface area (Å²) in [6, 6.07) is 0.0449. The van der Waals surface area contributed by atoms with E-state index in [2.05, 4.69) is 5.10 Å². The first-order chi connectivity index (χ1) is 6.57. The highest BCUT2D eigenvalue weighted by atomic mass is 16.6. The minimum Gasteiger partial charge on any atom is -0.279 e. The van der Waals surface area contributed by atoms with Gasteiger partial charge >= 0.3 is 6.29 Å². The summed E-state index contributed by atoms with van der Waals surface area (Å²) in [6.45, 7) is 6.44. The maximum atomic E-state index is 10.8. The van der Waals surface area contributed by atoms with E-state index in [1.165, 1.54) is 5.01 Å². The maximum Gasteiger partial charge on any atom is 0.384 e. The van der Waals surface area contributed by atoms with Crippen LogP contribution >= 0.6 is 0 Å². The van der Waals surface area contributed by atoms with Crippen LogP contribution in [0.5, 0.6) is 0 Å². The Labute approximate surface area is 83.3 Å². The molecule has 0 saturated heterocycles. The molecule has 0 bridgehead atoms. The minimum absolute atomic E-state index is 0.0449. The van der Waals surface area contributed by atoms with Gasteiger partial charge in [-0.1, -0.05) is 6.92 Å². The number of nitrogens with zero attached hydrogens (tertiary/aromatic N) is 4. The summed E-state index contributed by atoms with van der Waals surface area (Å²) in [6.07, 6.45) is 1.61. The van der Waals surface area contributed by atoms with Gasteiger partial charge in [0, 0.05) is 6.54 Å². The maximum absolute atomic E-state index is 10.8. The first-order valence-corrected chi connectivity index (χ1v) is 4.79. The summed E-state index contributed by atoms with van der Waals surface area (Å²) in [4.78, 5) is 12.2. The van der Waals surface area contributed by atoms with E-state index >= 15 is 0 Å². The van der Waals surface area contributed by atoms with Crippen molar-refractivity contribution in [2.45, 2.75) is 39.5 Å². The first-order valence-electron chi connectivity index (χ1n) is 4.79. The van der Waals surface area contributed by atoms with E-state index in [0.29, 0.717) is 6.54 Å². The molecule has 0 spiro atoms. The van der Waals surface area contributed by atoms with Gasteiger partial charge in [0.1, 0.15) is 6.34 Å². The molecule has 0 aliphatic carbocycles. The van der Waals surface area contributed by atoms with Crippen LogP contribution in [0, 0.1) is 10.1 Å². The average Bonchev–Trinajstić information content (AvgIpc) is 2.48. The molecule has 1 unspecified atom stereocenters. The van der Waals surface area contributed by atoms with Crippen molar-refractivity contribution in [3.05, 3.63) is 10.1 Å². The molecule has 1 rings (SSSR count). The molecule has 1 heterocycles. The predicted molar refractivity (Wildman–Crippen MR) is 53.2 cm³/mol. The summed E-state index contributed by atoms with van der Waals surface area (Å²) in [7, 11) is 0. The molecule has 0 aromatic rings. The number of hydrogen-bond donors (Lipinski definition) is 0. The lowest BCUT2D eigenvalue weighted by atomic mass is 10.4. The van der Waals surface area contributed by atoms with E-state index in [4.69, 9.17) is 0 Å². The Morgan fingerprint density at radius 3 is 2.71 bits per heavy atom. The van der Waals surface area contributed by atoms with Crippen molar-refractivity contribution in [3.63, 3.8) is 0 Å². The number of hydrogen-bond acceptors (Lipinski definition) is 5. The monoisotopic (exact) mass is 200 g/mol. The van der Waals surface area contributed by atoms with Crippen molar-refractivity contribution in [1.82, 2.24) is 9.91 Å². The zero-order chi connectivity index (χ0) is 10.7.